The van der Waals surface area contributed by atoms with E-state index in [4.69, 9.17) is 10.2 Å². The van der Waals surface area contributed by atoms with E-state index in [0.717, 1.165) is 34.8 Å². The Hall–Kier alpha value is -2.56. The molecule has 0 unspecified atom stereocenters. The normalized spacial score (nSPS) is 10.9. The van der Waals surface area contributed by atoms with Gasteiger partial charge in [0, 0.05) is 31.4 Å². The van der Waals surface area contributed by atoms with Gasteiger partial charge in [0.1, 0.15) is 17.3 Å². The maximum Gasteiger partial charge on any atom is 0.155 e. The third-order valence-electron chi connectivity index (χ3n) is 3.29. The molecule has 0 fully saturated rings. The van der Waals surface area contributed by atoms with Crippen molar-refractivity contribution in [2.24, 2.45) is 7.05 Å². The van der Waals surface area contributed by atoms with Gasteiger partial charge in [0.15, 0.2) is 5.76 Å². The molecule has 2 N–H and O–H groups in total. The number of hydrogen-bond donors (Lipinski definition) is 1. The molecule has 3 heterocycles. The Morgan fingerprint density at radius 1 is 1.30 bits per heavy atom. The van der Waals surface area contributed by atoms with E-state index >= 15 is 0 Å². The van der Waals surface area contributed by atoms with Crippen molar-refractivity contribution >= 4 is 5.82 Å². The molecule has 5 heteroatoms. The van der Waals surface area contributed by atoms with Gasteiger partial charge in [-0.25, -0.2) is 0 Å². The first kappa shape index (κ1) is 12.5. The number of furan rings is 1. The first-order valence-corrected chi connectivity index (χ1v) is 6.52. The van der Waals surface area contributed by atoms with E-state index in [0.29, 0.717) is 5.82 Å². The minimum atomic E-state index is 0.599. The highest BCUT2D eigenvalue weighted by Gasteiger charge is 2.19. The van der Waals surface area contributed by atoms with Crippen molar-refractivity contribution in [3.05, 3.63) is 42.4 Å². The van der Waals surface area contributed by atoms with Gasteiger partial charge in [-0.2, -0.15) is 5.10 Å². The Labute approximate surface area is 117 Å². The Balaban J connectivity index is 2.19. The number of pyridine rings is 1. The van der Waals surface area contributed by atoms with Crippen LogP contribution in [-0.2, 0) is 13.5 Å². The number of aryl methyl sites for hydroxylation is 2. The van der Waals surface area contributed by atoms with Crippen LogP contribution in [0.5, 0.6) is 0 Å². The first-order chi connectivity index (χ1) is 9.70. The summed E-state index contributed by atoms with van der Waals surface area (Å²) < 4.78 is 7.46. The van der Waals surface area contributed by atoms with Gasteiger partial charge < -0.3 is 10.2 Å². The lowest BCUT2D eigenvalue weighted by Gasteiger charge is -2.01. The van der Waals surface area contributed by atoms with Crippen LogP contribution in [0.15, 0.2) is 41.1 Å². The average Bonchev–Trinajstić information content (AvgIpc) is 3.06. The van der Waals surface area contributed by atoms with E-state index in [1.54, 1.807) is 17.1 Å². The molecule has 0 aromatic carbocycles. The third-order valence-corrected chi connectivity index (χ3v) is 3.29. The van der Waals surface area contributed by atoms with E-state index < -0.39 is 0 Å². The summed E-state index contributed by atoms with van der Waals surface area (Å²) in [7, 11) is 1.82. The van der Waals surface area contributed by atoms with Gasteiger partial charge >= 0.3 is 0 Å². The van der Waals surface area contributed by atoms with Gasteiger partial charge in [0.25, 0.3) is 0 Å². The third kappa shape index (κ3) is 1.97. The highest BCUT2D eigenvalue weighted by molar-refractivity contribution is 5.86. The molecule has 0 atom stereocenters. The number of aromatic nitrogens is 3. The molecule has 0 aliphatic heterocycles. The second-order valence-electron chi connectivity index (χ2n) is 4.59. The second kappa shape index (κ2) is 4.85. The van der Waals surface area contributed by atoms with Crippen LogP contribution in [0.2, 0.25) is 0 Å². The highest BCUT2D eigenvalue weighted by atomic mass is 16.3. The van der Waals surface area contributed by atoms with Crippen LogP contribution in [0, 0.1) is 0 Å². The van der Waals surface area contributed by atoms with Crippen LogP contribution in [0.25, 0.3) is 22.6 Å². The van der Waals surface area contributed by atoms with Gasteiger partial charge in [0.05, 0.1) is 5.56 Å². The van der Waals surface area contributed by atoms with E-state index in [9.17, 15) is 0 Å². The van der Waals surface area contributed by atoms with Gasteiger partial charge in [-0.1, -0.05) is 13.0 Å². The summed E-state index contributed by atoms with van der Waals surface area (Å²) in [5.41, 5.74) is 8.68. The summed E-state index contributed by atoms with van der Waals surface area (Å²) >= 11 is 0. The molecule has 0 saturated heterocycles. The number of rotatable bonds is 3. The summed E-state index contributed by atoms with van der Waals surface area (Å²) in [6.45, 7) is 2.05. The molecule has 5 nitrogen and oxygen atoms in total. The van der Waals surface area contributed by atoms with Crippen LogP contribution in [0.4, 0.5) is 5.82 Å². The monoisotopic (exact) mass is 268 g/mol. The van der Waals surface area contributed by atoms with Crippen LogP contribution >= 0.6 is 0 Å². The fourth-order valence-corrected chi connectivity index (χ4v) is 2.20. The number of nitrogen functional groups attached to an aromatic ring is 1. The molecule has 3 rings (SSSR count). The van der Waals surface area contributed by atoms with Gasteiger partial charge in [-0.05, 0) is 18.2 Å². The molecule has 3 aromatic rings. The smallest absolute Gasteiger partial charge is 0.155 e. The summed E-state index contributed by atoms with van der Waals surface area (Å²) in [5.74, 6) is 2.26. The van der Waals surface area contributed by atoms with Crippen LogP contribution in [0.3, 0.4) is 0 Å². The Kier molecular flexibility index (Phi) is 3.02. The molecule has 0 bridgehead atoms. The molecule has 0 spiro atoms. The molecule has 20 heavy (non-hydrogen) atoms. The minimum Gasteiger partial charge on any atom is -0.459 e. The fourth-order valence-electron chi connectivity index (χ4n) is 2.20. The number of nitrogens with two attached hydrogens (primary N) is 1. The van der Waals surface area contributed by atoms with E-state index in [-0.39, 0.29) is 0 Å². The average molecular weight is 268 g/mol. The summed E-state index contributed by atoms with van der Waals surface area (Å²) in [4.78, 5) is 4.14. The highest BCUT2D eigenvalue weighted by Crippen LogP contribution is 2.36. The second-order valence-corrected chi connectivity index (χ2v) is 4.59. The van der Waals surface area contributed by atoms with Crippen molar-refractivity contribution in [2.75, 3.05) is 5.73 Å². The zero-order valence-electron chi connectivity index (χ0n) is 11.5. The van der Waals surface area contributed by atoms with E-state index in [2.05, 4.69) is 17.0 Å². The van der Waals surface area contributed by atoms with Crippen LogP contribution in [0.1, 0.15) is 12.7 Å². The van der Waals surface area contributed by atoms with Crippen molar-refractivity contribution in [3.63, 3.8) is 0 Å². The van der Waals surface area contributed by atoms with Crippen molar-refractivity contribution < 1.29 is 4.42 Å². The van der Waals surface area contributed by atoms with Crippen LogP contribution in [-0.4, -0.2) is 14.8 Å². The van der Waals surface area contributed by atoms with Gasteiger partial charge in [-0.15, -0.1) is 0 Å². The molecule has 3 aromatic heterocycles. The molecule has 102 valence electrons. The Bertz CT molecular complexity index is 728. The van der Waals surface area contributed by atoms with Gasteiger partial charge in [0.2, 0.25) is 0 Å². The molecule has 0 aliphatic rings. The van der Waals surface area contributed by atoms with Crippen molar-refractivity contribution in [1.82, 2.24) is 14.8 Å². The van der Waals surface area contributed by atoms with E-state index in [1.165, 1.54) is 0 Å². The molecule has 0 aliphatic carbocycles. The van der Waals surface area contributed by atoms with Gasteiger partial charge in [-0.3, -0.25) is 9.67 Å². The SMILES string of the molecule is CCc1ccc(-c2nn(C)c(N)c2-c2cccnc2)o1. The zero-order chi connectivity index (χ0) is 14.1. The van der Waals surface area contributed by atoms with Crippen LogP contribution < -0.4 is 5.73 Å². The van der Waals surface area contributed by atoms with E-state index in [1.807, 2.05) is 31.3 Å². The minimum absolute atomic E-state index is 0.599. The fraction of sp³-hybridized carbons (Fsp3) is 0.200. The molecular weight excluding hydrogens is 252 g/mol. The Morgan fingerprint density at radius 3 is 2.80 bits per heavy atom. The number of anilines is 1. The molecule has 0 radical (unpaired) electrons. The summed E-state index contributed by atoms with van der Waals surface area (Å²) in [6, 6.07) is 7.74. The van der Waals surface area contributed by atoms with Crippen molar-refractivity contribution in [3.8, 4) is 22.6 Å². The molecule has 0 saturated carbocycles. The number of hydrogen-bond acceptors (Lipinski definition) is 4. The lowest BCUT2D eigenvalue weighted by molar-refractivity contribution is 0.526. The standard InChI is InChI=1S/C15H16N4O/c1-3-11-6-7-12(20-11)14-13(15(16)19(2)18-14)10-5-4-8-17-9-10/h4-9H,3,16H2,1-2H3. The number of nitrogens with zero attached hydrogens (tertiary/aromatic N) is 3. The van der Waals surface area contributed by atoms with Crippen molar-refractivity contribution in [2.45, 2.75) is 13.3 Å². The lowest BCUT2D eigenvalue weighted by atomic mass is 10.1. The predicted molar refractivity (Wildman–Crippen MR) is 77.9 cm³/mol. The first-order valence-electron chi connectivity index (χ1n) is 6.52. The zero-order valence-corrected chi connectivity index (χ0v) is 11.5. The van der Waals surface area contributed by atoms with Crippen molar-refractivity contribution in [1.29, 1.82) is 0 Å². The maximum absolute atomic E-state index is 6.14. The topological polar surface area (TPSA) is 69.9 Å². The summed E-state index contributed by atoms with van der Waals surface area (Å²) in [5, 5.41) is 4.47. The molecular formula is C15H16N4O. The molecule has 0 amide bonds. The quantitative estimate of drug-likeness (QED) is 0.793. The largest absolute Gasteiger partial charge is 0.459 e. The predicted octanol–water partition coefficient (Wildman–Crippen LogP) is 2.89. The maximum atomic E-state index is 6.14. The Morgan fingerprint density at radius 2 is 2.15 bits per heavy atom. The lowest BCUT2D eigenvalue weighted by Crippen LogP contribution is -1.98. The summed E-state index contributed by atoms with van der Waals surface area (Å²) in [6.07, 6.45) is 4.36.